The molecule has 6 nitrogen and oxygen atoms in total. The van der Waals surface area contributed by atoms with E-state index < -0.39 is 11.6 Å². The molecule has 2 aliphatic heterocycles. The standard InChI is InChI=1S/C9H16ClN4O2/c1-14(2)5-3-9(4-6-14)7(15)12(10)8(16)13(9)11/h3-6,11H2,1-2H3/q+1. The summed E-state index contributed by atoms with van der Waals surface area (Å²) in [5.74, 6) is 5.30. The van der Waals surface area contributed by atoms with Crippen molar-refractivity contribution in [3.8, 4) is 0 Å². The number of piperidine rings is 1. The van der Waals surface area contributed by atoms with Crippen molar-refractivity contribution in [2.45, 2.75) is 18.4 Å². The maximum absolute atomic E-state index is 12.0. The maximum atomic E-state index is 12.0. The van der Waals surface area contributed by atoms with Crippen LogP contribution in [0.3, 0.4) is 0 Å². The summed E-state index contributed by atoms with van der Waals surface area (Å²) in [4.78, 5) is 23.5. The molecule has 0 aromatic carbocycles. The van der Waals surface area contributed by atoms with Gasteiger partial charge in [-0.15, -0.1) is 0 Å². The number of rotatable bonds is 0. The smallest absolute Gasteiger partial charge is 0.328 e. The zero-order chi connectivity index (χ0) is 12.1. The highest BCUT2D eigenvalue weighted by Gasteiger charge is 2.59. The van der Waals surface area contributed by atoms with Crippen molar-refractivity contribution in [3.63, 3.8) is 0 Å². The molecule has 2 N–H and O–H groups in total. The Hall–Kier alpha value is -0.850. The van der Waals surface area contributed by atoms with Crippen molar-refractivity contribution in [3.05, 3.63) is 0 Å². The summed E-state index contributed by atoms with van der Waals surface area (Å²) in [6.45, 7) is 1.61. The Balaban J connectivity index is 2.27. The lowest BCUT2D eigenvalue weighted by atomic mass is 9.86. The lowest BCUT2D eigenvalue weighted by Gasteiger charge is -2.42. The van der Waals surface area contributed by atoms with Crippen molar-refractivity contribution >= 4 is 23.7 Å². The Bertz CT molecular complexity index is 347. The van der Waals surface area contributed by atoms with Crippen LogP contribution in [0.15, 0.2) is 0 Å². The maximum Gasteiger partial charge on any atom is 0.356 e. The van der Waals surface area contributed by atoms with Gasteiger partial charge in [-0.05, 0) is 0 Å². The number of carbonyl (C=O) groups excluding carboxylic acids is 2. The Morgan fingerprint density at radius 2 is 1.81 bits per heavy atom. The molecule has 2 heterocycles. The lowest BCUT2D eigenvalue weighted by molar-refractivity contribution is -0.896. The molecule has 0 aliphatic carbocycles. The van der Waals surface area contributed by atoms with Crippen LogP contribution in [-0.2, 0) is 4.79 Å². The zero-order valence-corrected chi connectivity index (χ0v) is 10.2. The molecule has 2 saturated heterocycles. The van der Waals surface area contributed by atoms with E-state index in [9.17, 15) is 9.59 Å². The number of hydrazine groups is 1. The van der Waals surface area contributed by atoms with Crippen molar-refractivity contribution in [1.82, 2.24) is 9.43 Å². The minimum absolute atomic E-state index is 0.388. The SMILES string of the molecule is C[N+]1(C)CCC2(CC1)C(=O)N(Cl)C(=O)N2N. The second kappa shape index (κ2) is 3.32. The van der Waals surface area contributed by atoms with Crippen LogP contribution in [0.2, 0.25) is 0 Å². The minimum atomic E-state index is -0.910. The van der Waals surface area contributed by atoms with Crippen LogP contribution >= 0.6 is 11.8 Å². The number of imide groups is 1. The van der Waals surface area contributed by atoms with Crippen molar-refractivity contribution in [1.29, 1.82) is 0 Å². The van der Waals surface area contributed by atoms with Crippen LogP contribution in [0.5, 0.6) is 0 Å². The second-order valence-electron chi connectivity index (χ2n) is 5.15. The van der Waals surface area contributed by atoms with E-state index in [2.05, 4.69) is 14.1 Å². The quantitative estimate of drug-likeness (QED) is 0.214. The van der Waals surface area contributed by atoms with E-state index >= 15 is 0 Å². The molecule has 90 valence electrons. The number of carbonyl (C=O) groups is 2. The largest absolute Gasteiger partial charge is 0.356 e. The van der Waals surface area contributed by atoms with Crippen molar-refractivity contribution in [2.24, 2.45) is 5.84 Å². The average Bonchev–Trinajstić information content (AvgIpc) is 2.39. The van der Waals surface area contributed by atoms with Gasteiger partial charge in [0.1, 0.15) is 0 Å². The molecule has 0 unspecified atom stereocenters. The van der Waals surface area contributed by atoms with Crippen LogP contribution in [0, 0.1) is 0 Å². The summed E-state index contributed by atoms with van der Waals surface area (Å²) in [5, 5.41) is 1.00. The van der Waals surface area contributed by atoms with Crippen LogP contribution in [0.1, 0.15) is 12.8 Å². The van der Waals surface area contributed by atoms with Gasteiger partial charge in [-0.2, -0.15) is 4.42 Å². The number of halogens is 1. The Morgan fingerprint density at radius 1 is 1.31 bits per heavy atom. The molecule has 0 aromatic rings. The van der Waals surface area contributed by atoms with Crippen LogP contribution in [-0.4, -0.2) is 58.6 Å². The van der Waals surface area contributed by atoms with E-state index in [1.54, 1.807) is 0 Å². The summed E-state index contributed by atoms with van der Waals surface area (Å²) >= 11 is 5.61. The van der Waals surface area contributed by atoms with E-state index in [0.717, 1.165) is 22.6 Å². The zero-order valence-electron chi connectivity index (χ0n) is 9.44. The fourth-order valence-corrected chi connectivity index (χ4v) is 2.56. The number of amides is 3. The summed E-state index contributed by atoms with van der Waals surface area (Å²) in [6, 6.07) is -0.626. The number of hydrogen-bond donors (Lipinski definition) is 1. The molecule has 0 saturated carbocycles. The third-order valence-electron chi connectivity index (χ3n) is 3.67. The first-order valence-electron chi connectivity index (χ1n) is 5.21. The van der Waals surface area contributed by atoms with E-state index in [4.69, 9.17) is 17.6 Å². The first-order chi connectivity index (χ1) is 7.30. The summed E-state index contributed by atoms with van der Waals surface area (Å²) in [5.41, 5.74) is -0.910. The van der Waals surface area contributed by atoms with Crippen LogP contribution in [0.4, 0.5) is 4.79 Å². The predicted molar refractivity (Wildman–Crippen MR) is 57.9 cm³/mol. The normalized spacial score (nSPS) is 28.0. The molecule has 0 atom stereocenters. The molecule has 2 fully saturated rings. The van der Waals surface area contributed by atoms with Crippen LogP contribution < -0.4 is 5.84 Å². The molecule has 3 amide bonds. The Labute approximate surface area is 99.2 Å². The fraction of sp³-hybridized carbons (Fsp3) is 0.778. The van der Waals surface area contributed by atoms with Crippen LogP contribution in [0.25, 0.3) is 0 Å². The Morgan fingerprint density at radius 3 is 2.19 bits per heavy atom. The highest BCUT2D eigenvalue weighted by Crippen LogP contribution is 2.36. The monoisotopic (exact) mass is 247 g/mol. The van der Waals surface area contributed by atoms with Gasteiger partial charge in [-0.3, -0.25) is 4.79 Å². The molecule has 16 heavy (non-hydrogen) atoms. The first kappa shape index (κ1) is 11.6. The van der Waals surface area contributed by atoms with Gasteiger partial charge in [0, 0.05) is 24.6 Å². The van der Waals surface area contributed by atoms with Crippen molar-refractivity contribution in [2.75, 3.05) is 27.2 Å². The highest BCUT2D eigenvalue weighted by molar-refractivity contribution is 6.33. The molecule has 0 radical (unpaired) electrons. The number of urea groups is 1. The van der Waals surface area contributed by atoms with E-state index in [0.29, 0.717) is 17.3 Å². The number of nitrogens with zero attached hydrogens (tertiary/aromatic N) is 3. The first-order valence-corrected chi connectivity index (χ1v) is 5.55. The number of hydrogen-bond acceptors (Lipinski definition) is 3. The number of nitrogens with two attached hydrogens (primary N) is 1. The fourth-order valence-electron chi connectivity index (χ4n) is 2.32. The van der Waals surface area contributed by atoms with Gasteiger partial charge in [0.15, 0.2) is 5.54 Å². The third-order valence-corrected chi connectivity index (χ3v) is 3.97. The van der Waals surface area contributed by atoms with Gasteiger partial charge < -0.3 is 4.48 Å². The van der Waals surface area contributed by atoms with Gasteiger partial charge in [0.05, 0.1) is 27.2 Å². The van der Waals surface area contributed by atoms with Gasteiger partial charge in [0.25, 0.3) is 5.91 Å². The van der Waals surface area contributed by atoms with E-state index in [1.807, 2.05) is 0 Å². The summed E-state index contributed by atoms with van der Waals surface area (Å²) in [7, 11) is 4.18. The highest BCUT2D eigenvalue weighted by atomic mass is 35.5. The molecule has 0 bridgehead atoms. The molecular formula is C9H16ClN4O2+. The van der Waals surface area contributed by atoms with Gasteiger partial charge in [0.2, 0.25) is 0 Å². The Kier molecular flexibility index (Phi) is 2.41. The van der Waals surface area contributed by atoms with E-state index in [1.165, 1.54) is 0 Å². The summed E-state index contributed by atoms with van der Waals surface area (Å²) < 4.78 is 1.44. The predicted octanol–water partition coefficient (Wildman–Crippen LogP) is -0.113. The average molecular weight is 248 g/mol. The molecular weight excluding hydrogens is 232 g/mol. The van der Waals surface area contributed by atoms with Crippen molar-refractivity contribution < 1.29 is 14.1 Å². The lowest BCUT2D eigenvalue weighted by Crippen LogP contribution is -2.62. The molecule has 0 aromatic heterocycles. The molecule has 2 aliphatic rings. The second-order valence-corrected chi connectivity index (χ2v) is 5.49. The van der Waals surface area contributed by atoms with Gasteiger partial charge in [-0.25, -0.2) is 15.6 Å². The van der Waals surface area contributed by atoms with E-state index in [-0.39, 0.29) is 5.91 Å². The summed E-state index contributed by atoms with van der Waals surface area (Å²) in [6.07, 6.45) is 1.12. The number of quaternary nitrogens is 1. The van der Waals surface area contributed by atoms with Gasteiger partial charge >= 0.3 is 6.03 Å². The topological polar surface area (TPSA) is 66.6 Å². The molecule has 2 rings (SSSR count). The minimum Gasteiger partial charge on any atom is -0.328 e. The third kappa shape index (κ3) is 1.41. The number of likely N-dealkylation sites (tertiary alicyclic amines) is 1. The molecule has 1 spiro atoms. The molecule has 7 heteroatoms. The van der Waals surface area contributed by atoms with Gasteiger partial charge in [-0.1, -0.05) is 0 Å².